The quantitative estimate of drug-likeness (QED) is 0.203. The Bertz CT molecular complexity index is 2130. The SMILES string of the molecule is COC(=O)N1C(=O)C2CC=C3C(CC4C(=O)N(Nc5ccc(Cl)cc5Cl)C(=O)C4(c4ccc(OC)cc4)C3C=Cc3cc(OC)c(O)c(OC)c3)C2C1=O. The Morgan fingerprint density at radius 1 is 0.889 bits per heavy atom. The average molecular weight is 777 g/mol. The second-order valence-corrected chi connectivity index (χ2v) is 14.2. The van der Waals surface area contributed by atoms with Crippen molar-refractivity contribution in [1.82, 2.24) is 9.91 Å². The number of nitrogens with zero attached hydrogens (tertiary/aromatic N) is 2. The second kappa shape index (κ2) is 14.0. The number of hydrogen-bond donors (Lipinski definition) is 2. The molecule has 5 amide bonds. The zero-order chi connectivity index (χ0) is 38.6. The molecule has 0 spiro atoms. The number of likely N-dealkylation sites (tertiary alicyclic amines) is 1. The van der Waals surface area contributed by atoms with Crippen molar-refractivity contribution in [2.24, 2.45) is 29.6 Å². The zero-order valence-electron chi connectivity index (χ0n) is 29.5. The van der Waals surface area contributed by atoms with Gasteiger partial charge in [-0.25, -0.2) is 4.79 Å². The summed E-state index contributed by atoms with van der Waals surface area (Å²) in [5.74, 6) is -6.54. The Morgan fingerprint density at radius 2 is 1.57 bits per heavy atom. The van der Waals surface area contributed by atoms with Crippen LogP contribution >= 0.6 is 23.2 Å². The molecule has 280 valence electrons. The molecule has 3 aromatic carbocycles. The summed E-state index contributed by atoms with van der Waals surface area (Å²) in [7, 11) is 5.40. The molecule has 2 N–H and O–H groups in total. The van der Waals surface area contributed by atoms with E-state index in [9.17, 15) is 24.3 Å². The van der Waals surface area contributed by atoms with E-state index in [0.29, 0.717) is 32.4 Å². The lowest BCUT2D eigenvalue weighted by Gasteiger charge is -2.49. The predicted molar refractivity (Wildman–Crippen MR) is 196 cm³/mol. The topological polar surface area (TPSA) is 161 Å². The number of anilines is 1. The number of hydrazine groups is 1. The summed E-state index contributed by atoms with van der Waals surface area (Å²) in [5.41, 5.74) is 3.27. The molecular weight excluding hydrogens is 741 g/mol. The highest BCUT2D eigenvalue weighted by Crippen LogP contribution is 2.61. The second-order valence-electron chi connectivity index (χ2n) is 13.4. The number of fused-ring (bicyclic) bond motifs is 4. The van der Waals surface area contributed by atoms with E-state index < -0.39 is 64.7 Å². The van der Waals surface area contributed by atoms with Crippen LogP contribution in [-0.4, -0.2) is 73.2 Å². The van der Waals surface area contributed by atoms with Gasteiger partial charge in [0.25, 0.3) is 11.8 Å². The highest BCUT2D eigenvalue weighted by Gasteiger charge is 2.70. The lowest BCUT2D eigenvalue weighted by Crippen LogP contribution is -2.54. The number of allylic oxidation sites excluding steroid dienone is 3. The minimum atomic E-state index is -1.60. The van der Waals surface area contributed by atoms with Gasteiger partial charge in [-0.3, -0.25) is 24.6 Å². The van der Waals surface area contributed by atoms with Crippen LogP contribution in [0.4, 0.5) is 10.5 Å². The third-order valence-corrected chi connectivity index (χ3v) is 11.5. The first-order valence-corrected chi connectivity index (χ1v) is 17.7. The van der Waals surface area contributed by atoms with E-state index in [-0.39, 0.29) is 40.8 Å². The van der Waals surface area contributed by atoms with E-state index in [4.69, 9.17) is 42.1 Å². The highest BCUT2D eigenvalue weighted by molar-refractivity contribution is 6.36. The largest absolute Gasteiger partial charge is 0.502 e. The number of rotatable bonds is 8. The standard InChI is InChI=1S/C39H35Cl2N3O10/c1-51-22-9-6-20(7-10-22)39-26(13-5-19-15-30(52-2)33(45)31(16-19)53-3)23-11-12-24-32(36(48)43(34(24)46)38(50)54-4)25(23)18-27(39)35(47)44(37(39)49)42-29-14-8-21(40)17-28(29)41/h5-11,13-17,24-27,32,42,45H,12,18H2,1-4H3. The van der Waals surface area contributed by atoms with Gasteiger partial charge in [0.2, 0.25) is 17.6 Å². The Balaban J connectivity index is 1.44. The van der Waals surface area contributed by atoms with Gasteiger partial charge in [-0.1, -0.05) is 59.1 Å². The maximum absolute atomic E-state index is 15.3. The van der Waals surface area contributed by atoms with Crippen LogP contribution in [0.25, 0.3) is 6.08 Å². The molecule has 0 bridgehead atoms. The van der Waals surface area contributed by atoms with Crippen LogP contribution in [0.15, 0.2) is 72.3 Å². The fraction of sp³-hybridized carbons (Fsp3) is 0.308. The number of amides is 5. The van der Waals surface area contributed by atoms with Crippen molar-refractivity contribution in [3.63, 3.8) is 0 Å². The Kier molecular flexibility index (Phi) is 9.57. The number of halogens is 2. The summed E-state index contributed by atoms with van der Waals surface area (Å²) in [6.45, 7) is 0. The normalized spacial score (nSPS) is 26.0. The van der Waals surface area contributed by atoms with Gasteiger partial charge >= 0.3 is 6.09 Å². The number of carbonyl (C=O) groups excluding carboxylic acids is 5. The van der Waals surface area contributed by atoms with Crippen molar-refractivity contribution < 1.29 is 48.0 Å². The number of ether oxygens (including phenoxy) is 4. The molecule has 15 heteroatoms. The van der Waals surface area contributed by atoms with Crippen LogP contribution in [0.3, 0.4) is 0 Å². The molecule has 3 fully saturated rings. The number of nitrogens with one attached hydrogen (secondary N) is 1. The summed E-state index contributed by atoms with van der Waals surface area (Å²) >= 11 is 12.7. The molecule has 6 atom stereocenters. The van der Waals surface area contributed by atoms with Crippen LogP contribution in [0.1, 0.15) is 24.0 Å². The Labute approximate surface area is 320 Å². The van der Waals surface area contributed by atoms with Gasteiger partial charge in [0.1, 0.15) is 5.75 Å². The van der Waals surface area contributed by atoms with Gasteiger partial charge in [0.05, 0.1) is 62.3 Å². The van der Waals surface area contributed by atoms with Gasteiger partial charge in [-0.05, 0) is 72.4 Å². The molecule has 13 nitrogen and oxygen atoms in total. The van der Waals surface area contributed by atoms with Crippen molar-refractivity contribution in [3.05, 3.63) is 93.5 Å². The van der Waals surface area contributed by atoms with Crippen molar-refractivity contribution in [3.8, 4) is 23.0 Å². The first-order valence-electron chi connectivity index (χ1n) is 16.9. The van der Waals surface area contributed by atoms with Crippen molar-refractivity contribution in [2.75, 3.05) is 33.9 Å². The zero-order valence-corrected chi connectivity index (χ0v) is 31.0. The van der Waals surface area contributed by atoms with Gasteiger partial charge in [-0.2, -0.15) is 9.91 Å². The Morgan fingerprint density at radius 3 is 2.19 bits per heavy atom. The number of methoxy groups -OCH3 is 4. The third-order valence-electron chi connectivity index (χ3n) is 11.0. The van der Waals surface area contributed by atoms with E-state index in [1.165, 1.54) is 27.4 Å². The lowest BCUT2D eigenvalue weighted by atomic mass is 9.50. The van der Waals surface area contributed by atoms with Crippen LogP contribution < -0.4 is 19.6 Å². The van der Waals surface area contributed by atoms with Crippen molar-refractivity contribution in [1.29, 1.82) is 0 Å². The number of hydrogen-bond acceptors (Lipinski definition) is 11. The summed E-state index contributed by atoms with van der Waals surface area (Å²) in [5, 5.41) is 12.1. The monoisotopic (exact) mass is 775 g/mol. The Hall–Kier alpha value is -5.53. The van der Waals surface area contributed by atoms with E-state index in [0.717, 1.165) is 12.1 Å². The fourth-order valence-corrected chi connectivity index (χ4v) is 9.03. The van der Waals surface area contributed by atoms with E-state index in [1.807, 2.05) is 6.08 Å². The minimum absolute atomic E-state index is 0.00460. The van der Waals surface area contributed by atoms with Crippen LogP contribution in [0, 0.1) is 29.6 Å². The first kappa shape index (κ1) is 36.8. The maximum atomic E-state index is 15.3. The minimum Gasteiger partial charge on any atom is -0.502 e. The molecule has 2 saturated heterocycles. The smallest absolute Gasteiger partial charge is 0.423 e. The first-order chi connectivity index (χ1) is 25.9. The third kappa shape index (κ3) is 5.56. The average Bonchev–Trinajstić information content (AvgIpc) is 3.55. The maximum Gasteiger partial charge on any atom is 0.423 e. The number of phenolic OH excluding ortho intramolecular Hbond substituents is 1. The summed E-state index contributed by atoms with van der Waals surface area (Å²) in [4.78, 5) is 70.8. The molecule has 54 heavy (non-hydrogen) atoms. The van der Waals surface area contributed by atoms with E-state index >= 15 is 4.79 Å². The number of imide groups is 4. The molecule has 0 radical (unpaired) electrons. The molecule has 4 aliphatic rings. The molecule has 2 aliphatic heterocycles. The molecular formula is C39H35Cl2N3O10. The van der Waals surface area contributed by atoms with E-state index in [2.05, 4.69) is 5.43 Å². The van der Waals surface area contributed by atoms with Gasteiger partial charge in [0, 0.05) is 10.9 Å². The van der Waals surface area contributed by atoms with Crippen molar-refractivity contribution >= 4 is 64.7 Å². The van der Waals surface area contributed by atoms with Crippen LogP contribution in [0.5, 0.6) is 23.0 Å². The predicted octanol–water partition coefficient (Wildman–Crippen LogP) is 6.02. The molecule has 3 aromatic rings. The molecule has 2 aliphatic carbocycles. The fourth-order valence-electron chi connectivity index (χ4n) is 8.58. The highest BCUT2D eigenvalue weighted by atomic mass is 35.5. The number of phenols is 1. The van der Waals surface area contributed by atoms with Crippen LogP contribution in [-0.2, 0) is 29.3 Å². The van der Waals surface area contributed by atoms with Crippen LogP contribution in [0.2, 0.25) is 10.0 Å². The number of benzene rings is 3. The number of carbonyl (C=O) groups is 5. The van der Waals surface area contributed by atoms with Gasteiger partial charge < -0.3 is 24.1 Å². The molecule has 7 rings (SSSR count). The summed E-state index contributed by atoms with van der Waals surface area (Å²) < 4.78 is 21.0. The van der Waals surface area contributed by atoms with Crippen molar-refractivity contribution in [2.45, 2.75) is 18.3 Å². The van der Waals surface area contributed by atoms with E-state index in [1.54, 1.807) is 60.7 Å². The number of aromatic hydroxyl groups is 1. The summed E-state index contributed by atoms with van der Waals surface area (Å²) in [6.07, 6.45) is 4.36. The van der Waals surface area contributed by atoms with Gasteiger partial charge in [-0.15, -0.1) is 0 Å². The van der Waals surface area contributed by atoms with Gasteiger partial charge in [0.15, 0.2) is 11.5 Å². The summed E-state index contributed by atoms with van der Waals surface area (Å²) in [6, 6.07) is 14.6. The lowest BCUT2D eigenvalue weighted by molar-refractivity contribution is -0.140. The molecule has 1 saturated carbocycles. The molecule has 0 aromatic heterocycles. The molecule has 6 unspecified atom stereocenters. The molecule has 2 heterocycles.